The molecule has 0 aromatic carbocycles. The SMILES string of the molecule is COCC(NC(=O)NCC1CCCC1)C(=O)O. The molecule has 0 aromatic heterocycles. The minimum absolute atomic E-state index is 0.0355. The number of aliphatic carboxylic acids is 1. The van der Waals surface area contributed by atoms with Crippen LogP contribution in [-0.2, 0) is 9.53 Å². The average Bonchev–Trinajstić information content (AvgIpc) is 2.78. The number of carbonyl (C=O) groups excluding carboxylic acids is 1. The first-order valence-electron chi connectivity index (χ1n) is 5.89. The van der Waals surface area contributed by atoms with Crippen LogP contribution < -0.4 is 10.6 Å². The maximum absolute atomic E-state index is 11.4. The van der Waals surface area contributed by atoms with Gasteiger partial charge in [-0.1, -0.05) is 12.8 Å². The summed E-state index contributed by atoms with van der Waals surface area (Å²) >= 11 is 0. The lowest BCUT2D eigenvalue weighted by Gasteiger charge is -2.15. The number of carboxylic acids is 1. The molecule has 2 amide bonds. The molecular formula is C11H20N2O4. The first-order chi connectivity index (χ1) is 8.13. The Bertz CT molecular complexity index is 264. The maximum atomic E-state index is 11.4. The molecule has 0 saturated heterocycles. The molecule has 1 unspecified atom stereocenters. The number of hydrogen-bond donors (Lipinski definition) is 3. The zero-order valence-corrected chi connectivity index (χ0v) is 10.1. The molecule has 17 heavy (non-hydrogen) atoms. The molecule has 3 N–H and O–H groups in total. The number of amides is 2. The van der Waals surface area contributed by atoms with Crippen molar-refractivity contribution >= 4 is 12.0 Å². The van der Waals surface area contributed by atoms with Gasteiger partial charge in [-0.2, -0.15) is 0 Å². The molecule has 0 bridgehead atoms. The number of carboxylic acid groups (broad SMARTS) is 1. The Labute approximate surface area is 101 Å². The van der Waals surface area contributed by atoms with Crippen LogP contribution in [-0.4, -0.2) is 43.4 Å². The van der Waals surface area contributed by atoms with Gasteiger partial charge in [-0.15, -0.1) is 0 Å². The van der Waals surface area contributed by atoms with E-state index in [1.165, 1.54) is 20.0 Å². The van der Waals surface area contributed by atoms with Gasteiger partial charge in [0, 0.05) is 13.7 Å². The number of hydrogen-bond acceptors (Lipinski definition) is 3. The summed E-state index contributed by atoms with van der Waals surface area (Å²) in [5, 5.41) is 13.9. The fourth-order valence-electron chi connectivity index (χ4n) is 2.00. The lowest BCUT2D eigenvalue weighted by Crippen LogP contribution is -2.48. The van der Waals surface area contributed by atoms with Gasteiger partial charge in [-0.05, 0) is 18.8 Å². The van der Waals surface area contributed by atoms with E-state index in [4.69, 9.17) is 9.84 Å². The van der Waals surface area contributed by atoms with E-state index in [1.54, 1.807) is 0 Å². The van der Waals surface area contributed by atoms with Crippen molar-refractivity contribution in [1.82, 2.24) is 10.6 Å². The smallest absolute Gasteiger partial charge is 0.328 e. The van der Waals surface area contributed by atoms with Crippen molar-refractivity contribution in [3.8, 4) is 0 Å². The van der Waals surface area contributed by atoms with Crippen molar-refractivity contribution in [1.29, 1.82) is 0 Å². The zero-order chi connectivity index (χ0) is 12.7. The van der Waals surface area contributed by atoms with Crippen LogP contribution in [0.5, 0.6) is 0 Å². The summed E-state index contributed by atoms with van der Waals surface area (Å²) in [6, 6.07) is -1.44. The molecule has 1 atom stereocenters. The van der Waals surface area contributed by atoms with Crippen molar-refractivity contribution in [2.24, 2.45) is 5.92 Å². The van der Waals surface area contributed by atoms with E-state index < -0.39 is 18.0 Å². The lowest BCUT2D eigenvalue weighted by atomic mass is 10.1. The van der Waals surface area contributed by atoms with Gasteiger partial charge in [-0.25, -0.2) is 9.59 Å². The molecule has 0 spiro atoms. The highest BCUT2D eigenvalue weighted by atomic mass is 16.5. The predicted molar refractivity (Wildman–Crippen MR) is 61.8 cm³/mol. The van der Waals surface area contributed by atoms with Crippen LogP contribution in [0.2, 0.25) is 0 Å². The molecule has 0 radical (unpaired) electrons. The zero-order valence-electron chi connectivity index (χ0n) is 10.1. The quantitative estimate of drug-likeness (QED) is 0.637. The van der Waals surface area contributed by atoms with Crippen LogP contribution in [0.3, 0.4) is 0 Å². The summed E-state index contributed by atoms with van der Waals surface area (Å²) in [7, 11) is 1.40. The molecule has 0 heterocycles. The van der Waals surface area contributed by atoms with Crippen LogP contribution in [0.15, 0.2) is 0 Å². The highest BCUT2D eigenvalue weighted by Gasteiger charge is 2.20. The van der Waals surface area contributed by atoms with E-state index in [-0.39, 0.29) is 6.61 Å². The van der Waals surface area contributed by atoms with E-state index >= 15 is 0 Å². The Hall–Kier alpha value is -1.30. The van der Waals surface area contributed by atoms with E-state index in [9.17, 15) is 9.59 Å². The second-order valence-electron chi connectivity index (χ2n) is 4.35. The Morgan fingerprint density at radius 2 is 2.06 bits per heavy atom. The highest BCUT2D eigenvalue weighted by Crippen LogP contribution is 2.23. The van der Waals surface area contributed by atoms with Gasteiger partial charge in [0.1, 0.15) is 0 Å². The molecule has 6 nitrogen and oxygen atoms in total. The van der Waals surface area contributed by atoms with Gasteiger partial charge >= 0.3 is 12.0 Å². The van der Waals surface area contributed by atoms with Gasteiger partial charge in [0.05, 0.1) is 6.61 Å². The summed E-state index contributed by atoms with van der Waals surface area (Å²) in [6.07, 6.45) is 4.71. The molecule has 0 aromatic rings. The van der Waals surface area contributed by atoms with Crippen LogP contribution >= 0.6 is 0 Å². The molecule has 1 aliphatic rings. The number of urea groups is 1. The van der Waals surface area contributed by atoms with Gasteiger partial charge in [0.25, 0.3) is 0 Å². The second kappa shape index (κ2) is 7.11. The third kappa shape index (κ3) is 5.04. The molecule has 1 fully saturated rings. The van der Waals surface area contributed by atoms with Crippen molar-refractivity contribution in [3.63, 3.8) is 0 Å². The number of nitrogens with one attached hydrogen (secondary N) is 2. The van der Waals surface area contributed by atoms with Crippen molar-refractivity contribution in [3.05, 3.63) is 0 Å². The Balaban J connectivity index is 2.23. The molecular weight excluding hydrogens is 224 g/mol. The average molecular weight is 244 g/mol. The fraction of sp³-hybridized carbons (Fsp3) is 0.818. The third-order valence-corrected chi connectivity index (χ3v) is 2.96. The standard InChI is InChI=1S/C11H20N2O4/c1-17-7-9(10(14)15)13-11(16)12-6-8-4-2-3-5-8/h8-9H,2-7H2,1H3,(H,14,15)(H2,12,13,16). The summed E-state index contributed by atoms with van der Waals surface area (Å²) in [5.74, 6) is -0.561. The van der Waals surface area contributed by atoms with Gasteiger partial charge in [0.2, 0.25) is 0 Å². The Morgan fingerprint density at radius 3 is 2.59 bits per heavy atom. The maximum Gasteiger partial charge on any atom is 0.328 e. The normalized spacial score (nSPS) is 17.7. The first-order valence-corrected chi connectivity index (χ1v) is 5.89. The number of rotatable bonds is 6. The van der Waals surface area contributed by atoms with Crippen LogP contribution in [0.4, 0.5) is 4.79 Å². The minimum Gasteiger partial charge on any atom is -0.480 e. The Morgan fingerprint density at radius 1 is 1.41 bits per heavy atom. The third-order valence-electron chi connectivity index (χ3n) is 2.96. The van der Waals surface area contributed by atoms with Crippen LogP contribution in [0.25, 0.3) is 0 Å². The summed E-state index contributed by atoms with van der Waals surface area (Å²) in [4.78, 5) is 22.2. The minimum atomic E-state index is -1.09. The summed E-state index contributed by atoms with van der Waals surface area (Å²) in [5.41, 5.74) is 0. The topological polar surface area (TPSA) is 87.7 Å². The largest absolute Gasteiger partial charge is 0.480 e. The van der Waals surface area contributed by atoms with Gasteiger partial charge in [0.15, 0.2) is 6.04 Å². The summed E-state index contributed by atoms with van der Waals surface area (Å²) in [6.45, 7) is 0.581. The van der Waals surface area contributed by atoms with E-state index in [2.05, 4.69) is 10.6 Å². The molecule has 98 valence electrons. The monoisotopic (exact) mass is 244 g/mol. The predicted octanol–water partition coefficient (Wildman–Crippen LogP) is 0.575. The Kier molecular flexibility index (Phi) is 5.76. The first kappa shape index (κ1) is 13.8. The van der Waals surface area contributed by atoms with Crippen molar-refractivity contribution in [2.45, 2.75) is 31.7 Å². The van der Waals surface area contributed by atoms with Gasteiger partial charge in [-0.3, -0.25) is 0 Å². The van der Waals surface area contributed by atoms with E-state index in [0.717, 1.165) is 12.8 Å². The molecule has 0 aliphatic heterocycles. The van der Waals surface area contributed by atoms with E-state index in [0.29, 0.717) is 12.5 Å². The summed E-state index contributed by atoms with van der Waals surface area (Å²) < 4.78 is 4.72. The van der Waals surface area contributed by atoms with Gasteiger partial charge < -0.3 is 20.5 Å². The van der Waals surface area contributed by atoms with Crippen LogP contribution in [0, 0.1) is 5.92 Å². The number of methoxy groups -OCH3 is 1. The van der Waals surface area contributed by atoms with Crippen molar-refractivity contribution in [2.75, 3.05) is 20.3 Å². The molecule has 1 rings (SSSR count). The number of carbonyl (C=O) groups is 2. The van der Waals surface area contributed by atoms with E-state index in [1.807, 2.05) is 0 Å². The molecule has 1 saturated carbocycles. The molecule has 6 heteroatoms. The fourth-order valence-corrected chi connectivity index (χ4v) is 2.00. The lowest BCUT2D eigenvalue weighted by molar-refractivity contribution is -0.140. The van der Waals surface area contributed by atoms with Crippen molar-refractivity contribution < 1.29 is 19.4 Å². The molecule has 1 aliphatic carbocycles. The highest BCUT2D eigenvalue weighted by molar-refractivity contribution is 5.82. The second-order valence-corrected chi connectivity index (χ2v) is 4.35. The number of ether oxygens (including phenoxy) is 1. The van der Waals surface area contributed by atoms with Crippen LogP contribution in [0.1, 0.15) is 25.7 Å².